The fourth-order valence-electron chi connectivity index (χ4n) is 4.19. The summed E-state index contributed by atoms with van der Waals surface area (Å²) in [6.45, 7) is 2.70. The highest BCUT2D eigenvalue weighted by atomic mass is 19.4. The number of hydrogen-bond acceptors (Lipinski definition) is 3. The summed E-state index contributed by atoms with van der Waals surface area (Å²) in [5.41, 5.74) is 2.08. The molecule has 0 radical (unpaired) electrons. The Bertz CT molecular complexity index is 872. The largest absolute Gasteiger partial charge is 0.416 e. The quantitative estimate of drug-likeness (QED) is 0.791. The molecule has 1 spiro atoms. The summed E-state index contributed by atoms with van der Waals surface area (Å²) in [6.07, 6.45) is -2.28. The highest BCUT2D eigenvalue weighted by Gasteiger charge is 2.38. The predicted molar refractivity (Wildman–Crippen MR) is 105 cm³/mol. The Labute approximate surface area is 168 Å². The fourth-order valence-corrected chi connectivity index (χ4v) is 4.19. The zero-order valence-corrected chi connectivity index (χ0v) is 16.1. The van der Waals surface area contributed by atoms with Crippen molar-refractivity contribution in [2.45, 2.75) is 44.1 Å². The minimum absolute atomic E-state index is 0.0446. The third-order valence-corrected chi connectivity index (χ3v) is 5.89. The summed E-state index contributed by atoms with van der Waals surface area (Å²) < 4.78 is 38.2. The number of nitrogens with one attached hydrogen (secondary N) is 2. The number of nitrogens with zero attached hydrogens (tertiary/aromatic N) is 1. The Kier molecular flexibility index (Phi) is 5.25. The van der Waals surface area contributed by atoms with E-state index in [-0.39, 0.29) is 11.4 Å². The maximum absolute atomic E-state index is 12.7. The SMILES string of the molecule is O=C1CC2(CCN(Cc3ccc(C(F)(F)F)cc3)CC2)Nc2ccccc2CN1. The number of piperidine rings is 1. The van der Waals surface area contributed by atoms with Gasteiger partial charge in [0.15, 0.2) is 0 Å². The molecule has 7 heteroatoms. The van der Waals surface area contributed by atoms with Gasteiger partial charge in [0.25, 0.3) is 0 Å². The number of carbonyl (C=O) groups excluding carboxylic acids is 1. The average Bonchev–Trinajstić information content (AvgIpc) is 2.68. The molecule has 2 N–H and O–H groups in total. The lowest BCUT2D eigenvalue weighted by atomic mass is 9.82. The molecule has 0 aromatic heterocycles. The standard InChI is InChI=1S/C22H24F3N3O/c23-22(24,25)18-7-5-16(6-8-18)15-28-11-9-21(10-12-28)13-20(29)26-14-17-3-1-2-4-19(17)27-21/h1-8,27H,9-15H2,(H,26,29). The number of amides is 1. The molecule has 2 aliphatic heterocycles. The summed E-state index contributed by atoms with van der Waals surface area (Å²) in [5, 5.41) is 6.64. The monoisotopic (exact) mass is 403 g/mol. The van der Waals surface area contributed by atoms with E-state index in [4.69, 9.17) is 0 Å². The molecule has 2 aromatic rings. The Hall–Kier alpha value is -2.54. The number of para-hydroxylation sites is 1. The minimum atomic E-state index is -4.31. The lowest BCUT2D eigenvalue weighted by Gasteiger charge is -2.44. The van der Waals surface area contributed by atoms with Crippen LogP contribution in [0.3, 0.4) is 0 Å². The van der Waals surface area contributed by atoms with Gasteiger partial charge < -0.3 is 10.6 Å². The first-order valence-corrected chi connectivity index (χ1v) is 9.84. The van der Waals surface area contributed by atoms with Gasteiger partial charge in [-0.2, -0.15) is 13.2 Å². The van der Waals surface area contributed by atoms with Crippen LogP contribution in [-0.4, -0.2) is 29.4 Å². The van der Waals surface area contributed by atoms with Crippen molar-refractivity contribution < 1.29 is 18.0 Å². The van der Waals surface area contributed by atoms with Crippen LogP contribution in [0.1, 0.15) is 36.0 Å². The van der Waals surface area contributed by atoms with Crippen molar-refractivity contribution in [3.8, 4) is 0 Å². The van der Waals surface area contributed by atoms with Crippen molar-refractivity contribution in [1.82, 2.24) is 10.2 Å². The molecule has 0 unspecified atom stereocenters. The van der Waals surface area contributed by atoms with Gasteiger partial charge in [0, 0.05) is 43.8 Å². The van der Waals surface area contributed by atoms with Crippen molar-refractivity contribution in [2.24, 2.45) is 0 Å². The Morgan fingerprint density at radius 2 is 1.69 bits per heavy atom. The van der Waals surface area contributed by atoms with Crippen LogP contribution in [-0.2, 0) is 24.1 Å². The van der Waals surface area contributed by atoms with Crippen molar-refractivity contribution in [2.75, 3.05) is 18.4 Å². The summed E-state index contributed by atoms with van der Waals surface area (Å²) in [4.78, 5) is 14.6. The molecular weight excluding hydrogens is 379 g/mol. The van der Waals surface area contributed by atoms with Crippen LogP contribution in [0.2, 0.25) is 0 Å². The normalized spacial score (nSPS) is 19.6. The molecule has 4 rings (SSSR count). The summed E-state index contributed by atoms with van der Waals surface area (Å²) >= 11 is 0. The van der Waals surface area contributed by atoms with Crippen molar-refractivity contribution in [3.63, 3.8) is 0 Å². The van der Waals surface area contributed by atoms with Gasteiger partial charge in [0.1, 0.15) is 0 Å². The zero-order valence-electron chi connectivity index (χ0n) is 16.1. The number of hydrogen-bond donors (Lipinski definition) is 2. The topological polar surface area (TPSA) is 44.4 Å². The third-order valence-electron chi connectivity index (χ3n) is 5.89. The van der Waals surface area contributed by atoms with Crippen molar-refractivity contribution >= 4 is 11.6 Å². The van der Waals surface area contributed by atoms with E-state index in [0.29, 0.717) is 19.5 Å². The number of likely N-dealkylation sites (tertiary alicyclic amines) is 1. The molecule has 1 amide bonds. The van der Waals surface area contributed by atoms with E-state index in [1.54, 1.807) is 12.1 Å². The van der Waals surface area contributed by atoms with E-state index < -0.39 is 11.7 Å². The number of benzene rings is 2. The average molecular weight is 403 g/mol. The second kappa shape index (κ2) is 7.71. The Morgan fingerprint density at radius 3 is 2.38 bits per heavy atom. The van der Waals surface area contributed by atoms with Crippen LogP contribution in [0.5, 0.6) is 0 Å². The van der Waals surface area contributed by atoms with E-state index in [1.165, 1.54) is 0 Å². The zero-order chi connectivity index (χ0) is 20.5. The van der Waals surface area contributed by atoms with Crippen LogP contribution in [0, 0.1) is 0 Å². The van der Waals surface area contributed by atoms with Crippen LogP contribution < -0.4 is 10.6 Å². The molecule has 0 saturated carbocycles. The molecular formula is C22H24F3N3O. The number of alkyl halides is 3. The molecule has 2 aromatic carbocycles. The fraction of sp³-hybridized carbons (Fsp3) is 0.409. The van der Waals surface area contributed by atoms with Gasteiger partial charge in [-0.05, 0) is 42.2 Å². The van der Waals surface area contributed by atoms with E-state index in [1.807, 2.05) is 24.3 Å². The number of fused-ring (bicyclic) bond motifs is 1. The smallest absolute Gasteiger partial charge is 0.379 e. The summed E-state index contributed by atoms with van der Waals surface area (Å²) in [5.74, 6) is 0.0446. The molecule has 29 heavy (non-hydrogen) atoms. The summed E-state index contributed by atoms with van der Waals surface area (Å²) in [7, 11) is 0. The van der Waals surface area contributed by atoms with E-state index in [0.717, 1.165) is 54.9 Å². The highest BCUT2D eigenvalue weighted by molar-refractivity contribution is 5.79. The second-order valence-corrected chi connectivity index (χ2v) is 7.99. The lowest BCUT2D eigenvalue weighted by molar-refractivity contribution is -0.137. The maximum Gasteiger partial charge on any atom is 0.416 e. The highest BCUT2D eigenvalue weighted by Crippen LogP contribution is 2.34. The Balaban J connectivity index is 1.42. The molecule has 1 fully saturated rings. The van der Waals surface area contributed by atoms with E-state index in [9.17, 15) is 18.0 Å². The van der Waals surface area contributed by atoms with Gasteiger partial charge >= 0.3 is 6.18 Å². The van der Waals surface area contributed by atoms with Gasteiger partial charge in [-0.15, -0.1) is 0 Å². The van der Waals surface area contributed by atoms with Gasteiger partial charge in [-0.1, -0.05) is 30.3 Å². The van der Waals surface area contributed by atoms with Crippen LogP contribution in [0.4, 0.5) is 18.9 Å². The van der Waals surface area contributed by atoms with E-state index >= 15 is 0 Å². The minimum Gasteiger partial charge on any atom is -0.379 e. The first-order valence-electron chi connectivity index (χ1n) is 9.84. The Morgan fingerprint density at radius 1 is 1.00 bits per heavy atom. The molecule has 0 aliphatic carbocycles. The molecule has 2 aliphatic rings. The number of anilines is 1. The lowest BCUT2D eigenvalue weighted by Crippen LogP contribution is -2.52. The van der Waals surface area contributed by atoms with Crippen molar-refractivity contribution in [3.05, 3.63) is 65.2 Å². The molecule has 4 nitrogen and oxygen atoms in total. The first-order chi connectivity index (χ1) is 13.8. The van der Waals surface area contributed by atoms with Crippen molar-refractivity contribution in [1.29, 1.82) is 0 Å². The third kappa shape index (κ3) is 4.56. The second-order valence-electron chi connectivity index (χ2n) is 7.99. The van der Waals surface area contributed by atoms with Crippen LogP contribution in [0.15, 0.2) is 48.5 Å². The molecule has 1 saturated heterocycles. The van der Waals surface area contributed by atoms with E-state index in [2.05, 4.69) is 15.5 Å². The van der Waals surface area contributed by atoms with Crippen LogP contribution >= 0.6 is 0 Å². The van der Waals surface area contributed by atoms with Gasteiger partial charge in [0.2, 0.25) is 5.91 Å². The van der Waals surface area contributed by atoms with Gasteiger partial charge in [-0.25, -0.2) is 0 Å². The number of rotatable bonds is 2. The predicted octanol–water partition coefficient (Wildman–Crippen LogP) is 4.17. The summed E-state index contributed by atoms with van der Waals surface area (Å²) in [6, 6.07) is 13.4. The molecule has 0 atom stereocenters. The van der Waals surface area contributed by atoms with Crippen LogP contribution in [0.25, 0.3) is 0 Å². The number of carbonyl (C=O) groups is 1. The van der Waals surface area contributed by atoms with Gasteiger partial charge in [-0.3, -0.25) is 9.69 Å². The first kappa shape index (κ1) is 19.8. The molecule has 2 heterocycles. The maximum atomic E-state index is 12.7. The molecule has 0 bridgehead atoms. The molecule has 154 valence electrons. The van der Waals surface area contributed by atoms with Gasteiger partial charge in [0.05, 0.1) is 5.56 Å². The number of halogens is 3.